The Kier molecular flexibility index (Phi) is 6.34. The number of methoxy groups -OCH3 is 1. The number of likely N-dealkylation sites (N-methyl/N-ethyl adjacent to an activating group) is 1. The predicted molar refractivity (Wildman–Crippen MR) is 98.3 cm³/mol. The topological polar surface area (TPSA) is 62.4 Å². The van der Waals surface area contributed by atoms with Crippen LogP contribution >= 0.6 is 0 Å². The molecule has 0 fully saturated rings. The number of Topliss-reactive ketones (excluding diaryl/α,β-unsaturated/α-hetero) is 1. The van der Waals surface area contributed by atoms with E-state index >= 15 is 0 Å². The fourth-order valence-electron chi connectivity index (χ4n) is 3.04. The van der Waals surface area contributed by atoms with Crippen LogP contribution in [0.2, 0.25) is 0 Å². The molecule has 152 valence electrons. The number of aromatic amines is 1. The van der Waals surface area contributed by atoms with Crippen LogP contribution in [0.1, 0.15) is 50.2 Å². The van der Waals surface area contributed by atoms with Crippen LogP contribution in [0.3, 0.4) is 0 Å². The highest BCUT2D eigenvalue weighted by Crippen LogP contribution is 2.29. The van der Waals surface area contributed by atoms with Gasteiger partial charge in [-0.2, -0.15) is 13.2 Å². The van der Waals surface area contributed by atoms with Crippen molar-refractivity contribution in [2.45, 2.75) is 39.5 Å². The largest absolute Gasteiger partial charge is 0.465 e. The summed E-state index contributed by atoms with van der Waals surface area (Å²) in [7, 11) is 2.99. The monoisotopic (exact) mass is 396 g/mol. The molecule has 0 radical (unpaired) electrons. The van der Waals surface area contributed by atoms with Gasteiger partial charge in [0.2, 0.25) is 0 Å². The Hall–Kier alpha value is -2.61. The summed E-state index contributed by atoms with van der Waals surface area (Å²) in [5, 5.41) is 0. The Bertz CT molecular complexity index is 870. The normalized spacial score (nSPS) is 12.9. The second-order valence-corrected chi connectivity index (χ2v) is 6.77. The minimum Gasteiger partial charge on any atom is -0.465 e. The van der Waals surface area contributed by atoms with E-state index < -0.39 is 23.8 Å². The van der Waals surface area contributed by atoms with Crippen molar-refractivity contribution in [1.29, 1.82) is 0 Å². The van der Waals surface area contributed by atoms with Crippen molar-refractivity contribution in [3.05, 3.63) is 57.9 Å². The molecular formula is C20H23F3N2O3. The predicted octanol–water partition coefficient (Wildman–Crippen LogP) is 4.14. The number of nitrogens with one attached hydrogen (secondary N) is 1. The number of alkyl halides is 3. The van der Waals surface area contributed by atoms with Crippen LogP contribution in [0.15, 0.2) is 24.3 Å². The van der Waals surface area contributed by atoms with Gasteiger partial charge in [0.1, 0.15) is 0 Å². The standard InChI is InChI=1S/C20H23F3N2O3/c1-11-16(19(27)28-5)12(2)24-17(11)18(26)13(3)25(4)10-14-6-8-15(9-7-14)20(21,22)23/h6-9,13,24H,10H2,1-5H3/t13-/m0/s1. The van der Waals surface area contributed by atoms with Crippen LogP contribution in [-0.2, 0) is 17.5 Å². The number of carbonyl (C=O) groups excluding carboxylic acids is 2. The lowest BCUT2D eigenvalue weighted by Gasteiger charge is -2.23. The summed E-state index contributed by atoms with van der Waals surface area (Å²) in [6, 6.07) is 4.30. The number of rotatable bonds is 6. The molecule has 1 N–H and O–H groups in total. The van der Waals surface area contributed by atoms with E-state index in [9.17, 15) is 22.8 Å². The van der Waals surface area contributed by atoms with Crippen LogP contribution in [-0.4, -0.2) is 41.8 Å². The lowest BCUT2D eigenvalue weighted by atomic mass is 10.0. The van der Waals surface area contributed by atoms with E-state index in [-0.39, 0.29) is 5.78 Å². The summed E-state index contributed by atoms with van der Waals surface area (Å²) in [4.78, 5) is 29.5. The first-order chi connectivity index (χ1) is 13.0. The number of H-pyrrole nitrogens is 1. The van der Waals surface area contributed by atoms with Crippen LogP contribution < -0.4 is 0 Å². The number of nitrogens with zero attached hydrogens (tertiary/aromatic N) is 1. The lowest BCUT2D eigenvalue weighted by molar-refractivity contribution is -0.137. The number of benzene rings is 1. The number of aryl methyl sites for hydroxylation is 1. The Morgan fingerprint density at radius 2 is 1.75 bits per heavy atom. The number of halogens is 3. The number of hydrogen-bond acceptors (Lipinski definition) is 4. The molecule has 28 heavy (non-hydrogen) atoms. The Morgan fingerprint density at radius 3 is 2.25 bits per heavy atom. The van der Waals surface area contributed by atoms with Crippen molar-refractivity contribution in [2.24, 2.45) is 0 Å². The SMILES string of the molecule is COC(=O)c1c(C)[nH]c(C(=O)[C@H](C)N(C)Cc2ccc(C(F)(F)F)cc2)c1C. The molecule has 1 aromatic heterocycles. The molecule has 0 aliphatic rings. The van der Waals surface area contributed by atoms with Gasteiger partial charge in [-0.1, -0.05) is 12.1 Å². The third-order valence-electron chi connectivity index (χ3n) is 4.83. The van der Waals surface area contributed by atoms with E-state index in [1.165, 1.54) is 19.2 Å². The van der Waals surface area contributed by atoms with Crippen molar-refractivity contribution >= 4 is 11.8 Å². The summed E-state index contributed by atoms with van der Waals surface area (Å²) < 4.78 is 42.8. The van der Waals surface area contributed by atoms with E-state index in [0.717, 1.165) is 12.1 Å². The summed E-state index contributed by atoms with van der Waals surface area (Å²) in [5.74, 6) is -0.735. The molecular weight excluding hydrogens is 373 g/mol. The summed E-state index contributed by atoms with van der Waals surface area (Å²) in [6.45, 7) is 5.37. The van der Waals surface area contributed by atoms with Crippen LogP contribution in [0, 0.1) is 13.8 Å². The maximum absolute atomic E-state index is 12.9. The number of hydrogen-bond donors (Lipinski definition) is 1. The molecule has 2 rings (SSSR count). The lowest BCUT2D eigenvalue weighted by Crippen LogP contribution is -2.36. The molecule has 2 aromatic rings. The molecule has 1 aromatic carbocycles. The zero-order valence-electron chi connectivity index (χ0n) is 16.4. The molecule has 5 nitrogen and oxygen atoms in total. The maximum Gasteiger partial charge on any atom is 0.416 e. The van der Waals surface area contributed by atoms with Gasteiger partial charge in [-0.25, -0.2) is 4.79 Å². The Morgan fingerprint density at radius 1 is 1.18 bits per heavy atom. The number of aromatic nitrogens is 1. The third kappa shape index (κ3) is 4.44. The molecule has 0 saturated carbocycles. The smallest absolute Gasteiger partial charge is 0.416 e. The number of ether oxygens (including phenoxy) is 1. The van der Waals surface area contributed by atoms with Gasteiger partial charge in [0.25, 0.3) is 0 Å². The van der Waals surface area contributed by atoms with Gasteiger partial charge in [-0.3, -0.25) is 9.69 Å². The van der Waals surface area contributed by atoms with Gasteiger partial charge < -0.3 is 9.72 Å². The molecule has 0 aliphatic heterocycles. The highest BCUT2D eigenvalue weighted by atomic mass is 19.4. The van der Waals surface area contributed by atoms with Crippen LogP contribution in [0.5, 0.6) is 0 Å². The van der Waals surface area contributed by atoms with Crippen LogP contribution in [0.4, 0.5) is 13.2 Å². The van der Waals surface area contributed by atoms with Gasteiger partial charge in [0, 0.05) is 12.2 Å². The average molecular weight is 396 g/mol. The quantitative estimate of drug-likeness (QED) is 0.589. The van der Waals surface area contributed by atoms with E-state index in [0.29, 0.717) is 34.6 Å². The van der Waals surface area contributed by atoms with Crippen molar-refractivity contribution in [1.82, 2.24) is 9.88 Å². The molecule has 1 atom stereocenters. The van der Waals surface area contributed by atoms with E-state index in [4.69, 9.17) is 4.74 Å². The van der Waals surface area contributed by atoms with E-state index in [1.807, 2.05) is 0 Å². The summed E-state index contributed by atoms with van der Waals surface area (Å²) in [6.07, 6.45) is -4.38. The second-order valence-electron chi connectivity index (χ2n) is 6.77. The highest BCUT2D eigenvalue weighted by Gasteiger charge is 2.30. The number of esters is 1. The van der Waals surface area contributed by atoms with Crippen LogP contribution in [0.25, 0.3) is 0 Å². The molecule has 0 unspecified atom stereocenters. The molecule has 1 heterocycles. The highest BCUT2D eigenvalue weighted by molar-refractivity contribution is 6.03. The van der Waals surface area contributed by atoms with Crippen molar-refractivity contribution in [3.63, 3.8) is 0 Å². The first-order valence-corrected chi connectivity index (χ1v) is 8.65. The Labute approximate surface area is 161 Å². The van der Waals surface area contributed by atoms with Crippen molar-refractivity contribution < 1.29 is 27.5 Å². The fraction of sp³-hybridized carbons (Fsp3) is 0.400. The number of ketones is 1. The maximum atomic E-state index is 12.9. The minimum absolute atomic E-state index is 0.217. The van der Waals surface area contributed by atoms with Gasteiger partial charge in [-0.15, -0.1) is 0 Å². The van der Waals surface area contributed by atoms with Gasteiger partial charge in [-0.05, 0) is 51.1 Å². The average Bonchev–Trinajstić information content (AvgIpc) is 2.93. The van der Waals surface area contributed by atoms with Crippen molar-refractivity contribution in [2.75, 3.05) is 14.2 Å². The van der Waals surface area contributed by atoms with Gasteiger partial charge >= 0.3 is 12.1 Å². The van der Waals surface area contributed by atoms with Crippen molar-refractivity contribution in [3.8, 4) is 0 Å². The molecule has 0 spiro atoms. The zero-order chi connectivity index (χ0) is 21.2. The molecule has 0 amide bonds. The third-order valence-corrected chi connectivity index (χ3v) is 4.83. The fourth-order valence-corrected chi connectivity index (χ4v) is 3.04. The van der Waals surface area contributed by atoms with Gasteiger partial charge in [0.15, 0.2) is 5.78 Å². The summed E-state index contributed by atoms with van der Waals surface area (Å²) >= 11 is 0. The molecule has 8 heteroatoms. The first-order valence-electron chi connectivity index (χ1n) is 8.65. The van der Waals surface area contributed by atoms with E-state index in [2.05, 4.69) is 4.98 Å². The molecule has 0 saturated heterocycles. The first kappa shape index (κ1) is 21.7. The molecule has 0 bridgehead atoms. The molecule has 0 aliphatic carbocycles. The number of carbonyl (C=O) groups is 2. The van der Waals surface area contributed by atoms with E-state index in [1.54, 1.807) is 32.7 Å². The van der Waals surface area contributed by atoms with Gasteiger partial charge in [0.05, 0.1) is 30.0 Å². The second kappa shape index (κ2) is 8.18. The minimum atomic E-state index is -4.38. The zero-order valence-corrected chi connectivity index (χ0v) is 16.4. The summed E-state index contributed by atoms with van der Waals surface area (Å²) in [5.41, 5.74) is 1.67. The Balaban J connectivity index is 2.16.